The SMILES string of the molecule is COc1ccccc1N1CCN(C2CCN(C(C)=O)CC2)CC1. The van der Waals surface area contributed by atoms with E-state index < -0.39 is 0 Å². The van der Waals surface area contributed by atoms with Gasteiger partial charge in [0.15, 0.2) is 0 Å². The largest absolute Gasteiger partial charge is 0.495 e. The number of piperazine rings is 1. The highest BCUT2D eigenvalue weighted by molar-refractivity contribution is 5.73. The van der Waals surface area contributed by atoms with Gasteiger partial charge in [0, 0.05) is 52.2 Å². The summed E-state index contributed by atoms with van der Waals surface area (Å²) in [5.74, 6) is 1.17. The number of likely N-dealkylation sites (tertiary alicyclic amines) is 1. The number of nitrogens with zero attached hydrogens (tertiary/aromatic N) is 3. The standard InChI is InChI=1S/C18H27N3O2/c1-15(22)19-9-7-16(8-10-19)20-11-13-21(14-12-20)17-5-3-4-6-18(17)23-2/h3-6,16H,7-14H2,1-2H3. The highest BCUT2D eigenvalue weighted by Crippen LogP contribution is 2.29. The lowest BCUT2D eigenvalue weighted by atomic mass is 10.0. The fourth-order valence-corrected chi connectivity index (χ4v) is 3.76. The van der Waals surface area contributed by atoms with Crippen LogP contribution in [0.15, 0.2) is 24.3 Å². The van der Waals surface area contributed by atoms with Gasteiger partial charge in [-0.1, -0.05) is 12.1 Å². The smallest absolute Gasteiger partial charge is 0.219 e. The lowest BCUT2D eigenvalue weighted by Crippen LogP contribution is -2.53. The van der Waals surface area contributed by atoms with Gasteiger partial charge in [-0.25, -0.2) is 0 Å². The molecule has 1 aromatic rings. The molecule has 1 aromatic carbocycles. The first-order chi connectivity index (χ1) is 11.2. The summed E-state index contributed by atoms with van der Waals surface area (Å²) >= 11 is 0. The molecule has 1 amide bonds. The first-order valence-electron chi connectivity index (χ1n) is 8.56. The van der Waals surface area contributed by atoms with E-state index in [9.17, 15) is 4.79 Å². The topological polar surface area (TPSA) is 36.0 Å². The molecule has 2 aliphatic heterocycles. The van der Waals surface area contributed by atoms with Crippen molar-refractivity contribution in [3.63, 3.8) is 0 Å². The molecule has 0 bridgehead atoms. The Morgan fingerprint density at radius 2 is 1.70 bits per heavy atom. The summed E-state index contributed by atoms with van der Waals surface area (Å²) in [6, 6.07) is 8.88. The van der Waals surface area contributed by atoms with E-state index in [-0.39, 0.29) is 5.91 Å². The number of piperidine rings is 1. The number of rotatable bonds is 3. The number of para-hydroxylation sites is 2. The number of ether oxygens (including phenoxy) is 1. The number of benzene rings is 1. The van der Waals surface area contributed by atoms with Gasteiger partial charge in [0.05, 0.1) is 12.8 Å². The summed E-state index contributed by atoms with van der Waals surface area (Å²) in [6.45, 7) is 7.73. The van der Waals surface area contributed by atoms with E-state index in [2.05, 4.69) is 21.9 Å². The van der Waals surface area contributed by atoms with Crippen molar-refractivity contribution in [2.75, 3.05) is 51.3 Å². The molecule has 23 heavy (non-hydrogen) atoms. The van der Waals surface area contributed by atoms with Gasteiger partial charge in [-0.15, -0.1) is 0 Å². The van der Waals surface area contributed by atoms with Crippen LogP contribution in [0.5, 0.6) is 5.75 Å². The quantitative estimate of drug-likeness (QED) is 0.852. The molecule has 0 atom stereocenters. The summed E-state index contributed by atoms with van der Waals surface area (Å²) in [7, 11) is 1.73. The van der Waals surface area contributed by atoms with Gasteiger partial charge < -0.3 is 14.5 Å². The number of hydrogen-bond acceptors (Lipinski definition) is 4. The minimum Gasteiger partial charge on any atom is -0.495 e. The van der Waals surface area contributed by atoms with E-state index in [1.54, 1.807) is 14.0 Å². The van der Waals surface area contributed by atoms with Gasteiger partial charge in [-0.3, -0.25) is 9.69 Å². The van der Waals surface area contributed by atoms with Crippen molar-refractivity contribution in [3.8, 4) is 5.75 Å². The van der Waals surface area contributed by atoms with Gasteiger partial charge in [-0.2, -0.15) is 0 Å². The normalized spacial score (nSPS) is 20.6. The van der Waals surface area contributed by atoms with Gasteiger partial charge >= 0.3 is 0 Å². The molecule has 0 saturated carbocycles. The third-order valence-corrected chi connectivity index (χ3v) is 5.17. The molecular weight excluding hydrogens is 290 g/mol. The van der Waals surface area contributed by atoms with Crippen LogP contribution < -0.4 is 9.64 Å². The molecule has 2 fully saturated rings. The number of carbonyl (C=O) groups is 1. The first kappa shape index (κ1) is 16.1. The van der Waals surface area contributed by atoms with Crippen LogP contribution in [0, 0.1) is 0 Å². The fraction of sp³-hybridized carbons (Fsp3) is 0.611. The summed E-state index contributed by atoms with van der Waals surface area (Å²) in [5.41, 5.74) is 1.20. The highest BCUT2D eigenvalue weighted by atomic mass is 16.5. The summed E-state index contributed by atoms with van der Waals surface area (Å²) < 4.78 is 5.48. The van der Waals surface area contributed by atoms with Gasteiger partial charge in [0.1, 0.15) is 5.75 Å². The zero-order chi connectivity index (χ0) is 16.2. The Balaban J connectivity index is 1.54. The van der Waals surface area contributed by atoms with Crippen molar-refractivity contribution in [2.45, 2.75) is 25.8 Å². The van der Waals surface area contributed by atoms with Crippen molar-refractivity contribution in [2.24, 2.45) is 0 Å². The zero-order valence-corrected chi connectivity index (χ0v) is 14.2. The van der Waals surface area contributed by atoms with E-state index in [0.29, 0.717) is 6.04 Å². The molecule has 3 rings (SSSR count). The molecule has 0 aliphatic carbocycles. The predicted octanol–water partition coefficient (Wildman–Crippen LogP) is 1.83. The van der Waals surface area contributed by atoms with Crippen LogP contribution in [0.3, 0.4) is 0 Å². The maximum Gasteiger partial charge on any atom is 0.219 e. The van der Waals surface area contributed by atoms with Crippen LogP contribution >= 0.6 is 0 Å². The fourth-order valence-electron chi connectivity index (χ4n) is 3.76. The van der Waals surface area contributed by atoms with Crippen LogP contribution in [0.2, 0.25) is 0 Å². The van der Waals surface area contributed by atoms with Crippen molar-refractivity contribution in [3.05, 3.63) is 24.3 Å². The van der Waals surface area contributed by atoms with Gasteiger partial charge in [0.2, 0.25) is 5.91 Å². The van der Waals surface area contributed by atoms with Crippen molar-refractivity contribution in [1.29, 1.82) is 0 Å². The van der Waals surface area contributed by atoms with E-state index in [0.717, 1.165) is 57.9 Å². The van der Waals surface area contributed by atoms with Crippen LogP contribution in [-0.4, -0.2) is 68.1 Å². The van der Waals surface area contributed by atoms with E-state index >= 15 is 0 Å². The van der Waals surface area contributed by atoms with Crippen LogP contribution in [-0.2, 0) is 4.79 Å². The van der Waals surface area contributed by atoms with E-state index in [1.807, 2.05) is 17.0 Å². The molecule has 5 heteroatoms. The number of anilines is 1. The lowest BCUT2D eigenvalue weighted by molar-refractivity contribution is -0.130. The second-order valence-corrected chi connectivity index (χ2v) is 6.43. The lowest BCUT2D eigenvalue weighted by Gasteiger charge is -2.43. The summed E-state index contributed by atoms with van der Waals surface area (Å²) in [4.78, 5) is 18.4. The maximum absolute atomic E-state index is 11.4. The summed E-state index contributed by atoms with van der Waals surface area (Å²) in [5, 5.41) is 0. The van der Waals surface area contributed by atoms with E-state index in [4.69, 9.17) is 4.74 Å². The average Bonchev–Trinajstić information content (AvgIpc) is 2.62. The molecule has 0 radical (unpaired) electrons. The minimum atomic E-state index is 0.212. The Morgan fingerprint density at radius 1 is 1.04 bits per heavy atom. The molecule has 5 nitrogen and oxygen atoms in total. The average molecular weight is 317 g/mol. The third-order valence-electron chi connectivity index (χ3n) is 5.17. The molecule has 0 unspecified atom stereocenters. The van der Waals surface area contributed by atoms with Crippen LogP contribution in [0.25, 0.3) is 0 Å². The first-order valence-corrected chi connectivity index (χ1v) is 8.56. The predicted molar refractivity (Wildman–Crippen MR) is 92.1 cm³/mol. The summed E-state index contributed by atoms with van der Waals surface area (Å²) in [6.07, 6.45) is 2.21. The molecule has 2 saturated heterocycles. The number of amides is 1. The molecule has 0 N–H and O–H groups in total. The highest BCUT2D eigenvalue weighted by Gasteiger charge is 2.28. The van der Waals surface area contributed by atoms with Gasteiger partial charge in [0.25, 0.3) is 0 Å². The zero-order valence-electron chi connectivity index (χ0n) is 14.2. The molecular formula is C18H27N3O2. The molecule has 2 heterocycles. The van der Waals surface area contributed by atoms with E-state index in [1.165, 1.54) is 5.69 Å². The maximum atomic E-state index is 11.4. The second-order valence-electron chi connectivity index (χ2n) is 6.43. The van der Waals surface area contributed by atoms with Crippen molar-refractivity contribution >= 4 is 11.6 Å². The Kier molecular flexibility index (Phi) is 5.06. The molecule has 2 aliphatic rings. The molecule has 126 valence electrons. The second kappa shape index (κ2) is 7.21. The van der Waals surface area contributed by atoms with Gasteiger partial charge in [-0.05, 0) is 25.0 Å². The number of hydrogen-bond donors (Lipinski definition) is 0. The minimum absolute atomic E-state index is 0.212. The Bertz CT molecular complexity index is 533. The van der Waals surface area contributed by atoms with Crippen molar-refractivity contribution < 1.29 is 9.53 Å². The molecule has 0 spiro atoms. The third kappa shape index (κ3) is 3.61. The Morgan fingerprint density at radius 3 is 2.30 bits per heavy atom. The Labute approximate surface area is 138 Å². The van der Waals surface area contributed by atoms with Crippen LogP contribution in [0.4, 0.5) is 5.69 Å². The Hall–Kier alpha value is -1.75. The van der Waals surface area contributed by atoms with Crippen molar-refractivity contribution in [1.82, 2.24) is 9.80 Å². The number of carbonyl (C=O) groups excluding carboxylic acids is 1. The number of methoxy groups -OCH3 is 1. The monoisotopic (exact) mass is 317 g/mol. The molecule has 0 aromatic heterocycles. The van der Waals surface area contributed by atoms with Crippen LogP contribution in [0.1, 0.15) is 19.8 Å².